The molecule has 10 rings (SSSR count). The van der Waals surface area contributed by atoms with Crippen LogP contribution in [0.15, 0.2) is 188 Å². The molecule has 0 aliphatic heterocycles. The average molecular weight is 678 g/mol. The van der Waals surface area contributed by atoms with E-state index < -0.39 is 0 Å². The summed E-state index contributed by atoms with van der Waals surface area (Å²) in [5, 5.41) is 1.05. The standard InChI is InChI=1S/C48H31N5/c1-4-15-33(16-5-1)42-43(34-17-6-2-7-18-34)51-48(52-44(42)35-19-8-3-9-20-35)36-28-26-32(27-29-36)37-21-14-22-38(31-37)45-47-46(39-23-10-11-24-40(39)49-45)50-41-25-12-13-30-53(41)47/h1-31H. The second-order valence-corrected chi connectivity index (χ2v) is 13.1. The molecule has 4 heterocycles. The van der Waals surface area contributed by atoms with Gasteiger partial charge in [0, 0.05) is 39.4 Å². The molecule has 4 aromatic heterocycles. The number of fused-ring (bicyclic) bond motifs is 5. The van der Waals surface area contributed by atoms with Crippen LogP contribution in [0.2, 0.25) is 0 Å². The monoisotopic (exact) mass is 677 g/mol. The molecule has 0 unspecified atom stereocenters. The van der Waals surface area contributed by atoms with E-state index in [1.165, 1.54) is 0 Å². The summed E-state index contributed by atoms with van der Waals surface area (Å²) in [4.78, 5) is 20.8. The minimum Gasteiger partial charge on any atom is -0.298 e. The second kappa shape index (κ2) is 12.8. The van der Waals surface area contributed by atoms with Crippen LogP contribution in [-0.2, 0) is 0 Å². The lowest BCUT2D eigenvalue weighted by molar-refractivity contribution is 1.18. The Morgan fingerprint density at radius 3 is 1.62 bits per heavy atom. The van der Waals surface area contributed by atoms with Gasteiger partial charge in [0.25, 0.3) is 0 Å². The van der Waals surface area contributed by atoms with Gasteiger partial charge in [-0.25, -0.2) is 19.9 Å². The topological polar surface area (TPSA) is 56.0 Å². The van der Waals surface area contributed by atoms with Crippen molar-refractivity contribution in [2.45, 2.75) is 0 Å². The van der Waals surface area contributed by atoms with Crippen LogP contribution < -0.4 is 0 Å². The molecule has 5 heteroatoms. The fourth-order valence-corrected chi connectivity index (χ4v) is 7.29. The third kappa shape index (κ3) is 5.43. The SMILES string of the molecule is c1ccc(-c2nc(-c3ccc(-c4cccc(-c5nc6ccccc6c6nc7ccccn7c56)c4)cc3)nc(-c3ccccc3)c2-c2ccccc2)cc1. The molecule has 248 valence electrons. The van der Waals surface area contributed by atoms with E-state index in [9.17, 15) is 0 Å². The van der Waals surface area contributed by atoms with Gasteiger partial charge in [0.15, 0.2) is 5.82 Å². The second-order valence-electron chi connectivity index (χ2n) is 13.1. The van der Waals surface area contributed by atoms with Crippen LogP contribution >= 0.6 is 0 Å². The highest BCUT2D eigenvalue weighted by molar-refractivity contribution is 6.09. The molecule has 0 fully saturated rings. The predicted molar refractivity (Wildman–Crippen MR) is 216 cm³/mol. The number of benzene rings is 6. The van der Waals surface area contributed by atoms with E-state index >= 15 is 0 Å². The third-order valence-electron chi connectivity index (χ3n) is 9.82. The molecule has 0 amide bonds. The molecule has 6 aromatic carbocycles. The summed E-state index contributed by atoms with van der Waals surface area (Å²) in [6.45, 7) is 0. The molecular formula is C48H31N5. The van der Waals surface area contributed by atoms with Crippen molar-refractivity contribution in [3.63, 3.8) is 0 Å². The van der Waals surface area contributed by atoms with E-state index in [1.807, 2.05) is 48.5 Å². The fourth-order valence-electron chi connectivity index (χ4n) is 7.29. The zero-order valence-electron chi connectivity index (χ0n) is 28.6. The molecule has 0 saturated heterocycles. The largest absolute Gasteiger partial charge is 0.298 e. The molecule has 5 nitrogen and oxygen atoms in total. The number of pyridine rings is 2. The first-order chi connectivity index (χ1) is 26.3. The molecule has 0 aliphatic carbocycles. The zero-order valence-corrected chi connectivity index (χ0v) is 28.6. The van der Waals surface area contributed by atoms with E-state index in [2.05, 4.69) is 144 Å². The molecule has 0 spiro atoms. The van der Waals surface area contributed by atoms with Crippen molar-refractivity contribution in [1.29, 1.82) is 0 Å². The van der Waals surface area contributed by atoms with Gasteiger partial charge >= 0.3 is 0 Å². The third-order valence-corrected chi connectivity index (χ3v) is 9.82. The van der Waals surface area contributed by atoms with Gasteiger partial charge < -0.3 is 0 Å². The van der Waals surface area contributed by atoms with Crippen molar-refractivity contribution < 1.29 is 0 Å². The lowest BCUT2D eigenvalue weighted by Gasteiger charge is -2.17. The van der Waals surface area contributed by atoms with Crippen LogP contribution in [-0.4, -0.2) is 24.3 Å². The molecular weight excluding hydrogens is 647 g/mol. The summed E-state index contributed by atoms with van der Waals surface area (Å²) in [5.74, 6) is 0.679. The maximum Gasteiger partial charge on any atom is 0.160 e. The highest BCUT2D eigenvalue weighted by Gasteiger charge is 2.20. The van der Waals surface area contributed by atoms with Gasteiger partial charge in [-0.2, -0.15) is 0 Å². The van der Waals surface area contributed by atoms with Gasteiger partial charge in [0.05, 0.1) is 28.1 Å². The molecule has 53 heavy (non-hydrogen) atoms. The van der Waals surface area contributed by atoms with Crippen LogP contribution in [0.25, 0.3) is 95.0 Å². The van der Waals surface area contributed by atoms with Gasteiger partial charge in [-0.15, -0.1) is 0 Å². The minimum atomic E-state index is 0.679. The Morgan fingerprint density at radius 1 is 0.358 bits per heavy atom. The molecule has 0 atom stereocenters. The van der Waals surface area contributed by atoms with Gasteiger partial charge in [-0.3, -0.25) is 4.40 Å². The van der Waals surface area contributed by atoms with E-state index in [1.54, 1.807) is 0 Å². The molecule has 0 aliphatic rings. The molecule has 0 N–H and O–H groups in total. The number of hydrogen-bond donors (Lipinski definition) is 0. The normalized spacial score (nSPS) is 11.4. The summed E-state index contributed by atoms with van der Waals surface area (Å²) in [6.07, 6.45) is 2.06. The number of imidazole rings is 1. The zero-order chi connectivity index (χ0) is 35.1. The van der Waals surface area contributed by atoms with E-state index in [4.69, 9.17) is 19.9 Å². The number of aromatic nitrogens is 5. The first-order valence-electron chi connectivity index (χ1n) is 17.7. The van der Waals surface area contributed by atoms with E-state index in [0.29, 0.717) is 5.82 Å². The lowest BCUT2D eigenvalue weighted by Crippen LogP contribution is -2.00. The average Bonchev–Trinajstić information content (AvgIpc) is 3.64. The number of para-hydroxylation sites is 1. The number of nitrogens with zero attached hydrogens (tertiary/aromatic N) is 5. The Morgan fingerprint density at radius 2 is 0.925 bits per heavy atom. The van der Waals surface area contributed by atoms with Crippen LogP contribution in [0, 0.1) is 0 Å². The molecule has 0 bridgehead atoms. The van der Waals surface area contributed by atoms with Crippen molar-refractivity contribution in [3.8, 4) is 67.4 Å². The van der Waals surface area contributed by atoms with E-state index in [-0.39, 0.29) is 0 Å². The quantitative estimate of drug-likeness (QED) is 0.176. The van der Waals surface area contributed by atoms with Crippen LogP contribution in [0.5, 0.6) is 0 Å². The first-order valence-corrected chi connectivity index (χ1v) is 17.7. The maximum atomic E-state index is 5.28. The van der Waals surface area contributed by atoms with Crippen molar-refractivity contribution >= 4 is 27.6 Å². The van der Waals surface area contributed by atoms with Gasteiger partial charge in [-0.1, -0.05) is 158 Å². The Labute approximate surface area is 306 Å². The summed E-state index contributed by atoms with van der Waals surface area (Å²) in [5.41, 5.74) is 14.9. The van der Waals surface area contributed by atoms with Crippen molar-refractivity contribution in [3.05, 3.63) is 188 Å². The smallest absolute Gasteiger partial charge is 0.160 e. The van der Waals surface area contributed by atoms with E-state index in [0.717, 1.165) is 89.2 Å². The first kappa shape index (κ1) is 30.6. The summed E-state index contributed by atoms with van der Waals surface area (Å²) < 4.78 is 2.14. The van der Waals surface area contributed by atoms with Crippen LogP contribution in [0.3, 0.4) is 0 Å². The number of rotatable bonds is 6. The highest BCUT2D eigenvalue weighted by Crippen LogP contribution is 2.40. The van der Waals surface area contributed by atoms with Crippen molar-refractivity contribution in [2.24, 2.45) is 0 Å². The maximum absolute atomic E-state index is 5.28. The Hall–Kier alpha value is -7.24. The summed E-state index contributed by atoms with van der Waals surface area (Å²) in [6, 6.07) is 62.8. The predicted octanol–water partition coefficient (Wildman–Crippen LogP) is 11.8. The Kier molecular flexibility index (Phi) is 7.40. The molecule has 0 radical (unpaired) electrons. The fraction of sp³-hybridized carbons (Fsp3) is 0. The lowest BCUT2D eigenvalue weighted by atomic mass is 9.94. The Bertz CT molecular complexity index is 2860. The van der Waals surface area contributed by atoms with Gasteiger partial charge in [0.2, 0.25) is 0 Å². The van der Waals surface area contributed by atoms with Crippen molar-refractivity contribution in [2.75, 3.05) is 0 Å². The Balaban J connectivity index is 1.09. The molecule has 10 aromatic rings. The van der Waals surface area contributed by atoms with Crippen molar-refractivity contribution in [1.82, 2.24) is 24.3 Å². The van der Waals surface area contributed by atoms with Crippen LogP contribution in [0.4, 0.5) is 0 Å². The summed E-state index contributed by atoms with van der Waals surface area (Å²) in [7, 11) is 0. The van der Waals surface area contributed by atoms with Gasteiger partial charge in [0.1, 0.15) is 11.2 Å². The van der Waals surface area contributed by atoms with Gasteiger partial charge in [-0.05, 0) is 41.0 Å². The summed E-state index contributed by atoms with van der Waals surface area (Å²) >= 11 is 0. The highest BCUT2D eigenvalue weighted by atomic mass is 15.0. The molecule has 0 saturated carbocycles. The van der Waals surface area contributed by atoms with Crippen LogP contribution in [0.1, 0.15) is 0 Å². The number of hydrogen-bond acceptors (Lipinski definition) is 4. The minimum absolute atomic E-state index is 0.679.